The van der Waals surface area contributed by atoms with E-state index in [-0.39, 0.29) is 11.7 Å². The van der Waals surface area contributed by atoms with E-state index in [1.165, 1.54) is 28.9 Å². The Bertz CT molecular complexity index is 1040. The predicted molar refractivity (Wildman–Crippen MR) is 140 cm³/mol. The SMILES string of the molecule is C=C(/C=C(/C1CCCN(CCc2ccccc2)C1)N(N)C(=C)N=C/C=C\N)c1ccc(F)cc1. The van der Waals surface area contributed by atoms with Gasteiger partial charge >= 0.3 is 0 Å². The van der Waals surface area contributed by atoms with Gasteiger partial charge in [0, 0.05) is 30.9 Å². The maximum absolute atomic E-state index is 13.4. The molecule has 4 N–H and O–H groups in total. The summed E-state index contributed by atoms with van der Waals surface area (Å²) in [6.45, 7) is 11.2. The van der Waals surface area contributed by atoms with E-state index < -0.39 is 0 Å². The lowest BCUT2D eigenvalue weighted by Gasteiger charge is -2.37. The maximum Gasteiger partial charge on any atom is 0.139 e. The zero-order valence-corrected chi connectivity index (χ0v) is 19.6. The molecule has 1 atom stereocenters. The van der Waals surface area contributed by atoms with Crippen molar-refractivity contribution in [2.45, 2.75) is 19.3 Å². The highest BCUT2D eigenvalue weighted by Gasteiger charge is 2.26. The topological polar surface area (TPSA) is 70.9 Å². The molecule has 34 heavy (non-hydrogen) atoms. The van der Waals surface area contributed by atoms with Crippen LogP contribution in [0.1, 0.15) is 24.0 Å². The smallest absolute Gasteiger partial charge is 0.139 e. The summed E-state index contributed by atoms with van der Waals surface area (Å²) in [5.74, 6) is 6.82. The number of piperidine rings is 1. The molecule has 0 radical (unpaired) electrons. The number of nitrogens with two attached hydrogens (primary N) is 2. The minimum absolute atomic E-state index is 0.184. The molecular formula is C28H34FN5. The van der Waals surface area contributed by atoms with Crippen LogP contribution in [0.15, 0.2) is 103 Å². The van der Waals surface area contributed by atoms with Gasteiger partial charge in [0.25, 0.3) is 0 Å². The molecular weight excluding hydrogens is 425 g/mol. The number of hydrogen-bond donors (Lipinski definition) is 2. The van der Waals surface area contributed by atoms with Crippen LogP contribution in [0, 0.1) is 11.7 Å². The first-order valence-corrected chi connectivity index (χ1v) is 11.6. The minimum atomic E-state index is -0.279. The zero-order valence-electron chi connectivity index (χ0n) is 19.6. The molecule has 0 aromatic heterocycles. The predicted octanol–water partition coefficient (Wildman–Crippen LogP) is 4.87. The van der Waals surface area contributed by atoms with E-state index in [4.69, 9.17) is 11.6 Å². The quantitative estimate of drug-likeness (QED) is 0.230. The van der Waals surface area contributed by atoms with Crippen molar-refractivity contribution in [3.05, 3.63) is 115 Å². The van der Waals surface area contributed by atoms with Gasteiger partial charge in [-0.15, -0.1) is 0 Å². The largest absolute Gasteiger partial charge is 0.405 e. The molecule has 1 unspecified atom stereocenters. The van der Waals surface area contributed by atoms with Crippen LogP contribution in [-0.4, -0.2) is 35.8 Å². The third-order valence-corrected chi connectivity index (χ3v) is 6.00. The number of halogens is 1. The fourth-order valence-electron chi connectivity index (χ4n) is 4.13. The first kappa shape index (κ1) is 25.1. The van der Waals surface area contributed by atoms with Crippen LogP contribution in [0.4, 0.5) is 4.39 Å². The minimum Gasteiger partial charge on any atom is -0.405 e. The van der Waals surface area contributed by atoms with E-state index in [0.717, 1.165) is 55.7 Å². The van der Waals surface area contributed by atoms with E-state index >= 15 is 0 Å². The lowest BCUT2D eigenvalue weighted by atomic mass is 9.92. The fraction of sp³-hybridized carbons (Fsp3) is 0.250. The molecule has 2 aromatic rings. The van der Waals surface area contributed by atoms with Crippen LogP contribution < -0.4 is 11.6 Å². The van der Waals surface area contributed by atoms with Gasteiger partial charge < -0.3 is 10.6 Å². The van der Waals surface area contributed by atoms with Crippen molar-refractivity contribution in [3.8, 4) is 0 Å². The van der Waals surface area contributed by atoms with Gasteiger partial charge in [-0.1, -0.05) is 55.6 Å². The van der Waals surface area contributed by atoms with Crippen LogP contribution in [0.2, 0.25) is 0 Å². The highest BCUT2D eigenvalue weighted by Crippen LogP contribution is 2.29. The van der Waals surface area contributed by atoms with Gasteiger partial charge in [0.1, 0.15) is 11.6 Å². The van der Waals surface area contributed by atoms with Crippen LogP contribution in [0.5, 0.6) is 0 Å². The van der Waals surface area contributed by atoms with Crippen molar-refractivity contribution in [2.75, 3.05) is 19.6 Å². The fourth-order valence-corrected chi connectivity index (χ4v) is 4.13. The number of nitrogens with zero attached hydrogens (tertiary/aromatic N) is 3. The summed E-state index contributed by atoms with van der Waals surface area (Å²) in [6, 6.07) is 16.8. The van der Waals surface area contributed by atoms with Crippen molar-refractivity contribution < 1.29 is 4.39 Å². The van der Waals surface area contributed by atoms with Crippen LogP contribution in [0.25, 0.3) is 5.57 Å². The highest BCUT2D eigenvalue weighted by atomic mass is 19.1. The van der Waals surface area contributed by atoms with Gasteiger partial charge in [-0.25, -0.2) is 15.2 Å². The number of likely N-dealkylation sites (tertiary alicyclic amines) is 1. The van der Waals surface area contributed by atoms with E-state index in [1.54, 1.807) is 24.4 Å². The Morgan fingerprint density at radius 1 is 1.15 bits per heavy atom. The molecule has 1 fully saturated rings. The molecule has 2 aromatic carbocycles. The second-order valence-electron chi connectivity index (χ2n) is 8.43. The molecule has 1 aliphatic heterocycles. The Balaban J connectivity index is 1.80. The van der Waals surface area contributed by atoms with E-state index in [0.29, 0.717) is 5.82 Å². The van der Waals surface area contributed by atoms with Gasteiger partial charge in [0.15, 0.2) is 0 Å². The second-order valence-corrected chi connectivity index (χ2v) is 8.43. The molecule has 0 bridgehead atoms. The molecule has 1 saturated heterocycles. The van der Waals surface area contributed by atoms with Crippen LogP contribution in [-0.2, 0) is 6.42 Å². The number of hydrogen-bond acceptors (Lipinski definition) is 5. The Hall–Kier alpha value is -3.48. The average molecular weight is 460 g/mol. The molecule has 0 aliphatic carbocycles. The summed E-state index contributed by atoms with van der Waals surface area (Å²) in [5.41, 5.74) is 9.21. The third-order valence-electron chi connectivity index (χ3n) is 6.00. The number of hydrazine groups is 1. The monoisotopic (exact) mass is 459 g/mol. The highest BCUT2D eigenvalue weighted by molar-refractivity contribution is 5.73. The standard InChI is InChI=1S/C28H34FN5/c1-22(25-11-13-27(29)14-12-25)20-28(34(31)23(2)32-17-7-16-30)26-10-6-18-33(21-26)19-15-24-8-4-3-5-9-24/h3-5,7-9,11-14,16-17,20,26H,1-2,6,10,15,18-19,21,30-31H2/b16-7-,28-20-,32-17?. The summed E-state index contributed by atoms with van der Waals surface area (Å²) in [7, 11) is 0. The molecule has 0 amide bonds. The number of rotatable bonds is 10. The van der Waals surface area contributed by atoms with E-state index in [9.17, 15) is 4.39 Å². The van der Waals surface area contributed by atoms with Crippen molar-refractivity contribution >= 4 is 11.8 Å². The van der Waals surface area contributed by atoms with Crippen molar-refractivity contribution in [3.63, 3.8) is 0 Å². The first-order chi connectivity index (χ1) is 16.5. The number of benzene rings is 2. The number of aliphatic imine (C=N–C) groups is 1. The third kappa shape index (κ3) is 7.27. The summed E-state index contributed by atoms with van der Waals surface area (Å²) in [4.78, 5) is 6.78. The Morgan fingerprint density at radius 2 is 1.88 bits per heavy atom. The first-order valence-electron chi connectivity index (χ1n) is 11.6. The summed E-state index contributed by atoms with van der Waals surface area (Å²) in [6.07, 6.45) is 9.61. The molecule has 1 heterocycles. The van der Waals surface area contributed by atoms with E-state index in [1.807, 2.05) is 12.1 Å². The molecule has 178 valence electrons. The lowest BCUT2D eigenvalue weighted by Crippen LogP contribution is -2.42. The van der Waals surface area contributed by atoms with Crippen LogP contribution in [0.3, 0.4) is 0 Å². The Labute approximate surface area is 202 Å². The summed E-state index contributed by atoms with van der Waals surface area (Å²) in [5, 5.41) is 1.53. The summed E-state index contributed by atoms with van der Waals surface area (Å²) >= 11 is 0. The van der Waals surface area contributed by atoms with Gasteiger partial charge in [0.05, 0.1) is 0 Å². The second kappa shape index (κ2) is 12.7. The van der Waals surface area contributed by atoms with Gasteiger partial charge in [-0.3, -0.25) is 5.01 Å². The Kier molecular flexibility index (Phi) is 9.38. The van der Waals surface area contributed by atoms with Gasteiger partial charge in [-0.2, -0.15) is 0 Å². The van der Waals surface area contributed by atoms with Crippen LogP contribution >= 0.6 is 0 Å². The molecule has 6 heteroatoms. The molecule has 0 saturated carbocycles. The normalized spacial score (nSPS) is 17.4. The Morgan fingerprint density at radius 3 is 2.59 bits per heavy atom. The van der Waals surface area contributed by atoms with Crippen molar-refractivity contribution in [1.29, 1.82) is 0 Å². The van der Waals surface area contributed by atoms with E-state index in [2.05, 4.69) is 47.3 Å². The van der Waals surface area contributed by atoms with Crippen molar-refractivity contribution in [2.24, 2.45) is 22.5 Å². The average Bonchev–Trinajstić information content (AvgIpc) is 2.87. The molecule has 1 aliphatic rings. The zero-order chi connectivity index (χ0) is 24.3. The lowest BCUT2D eigenvalue weighted by molar-refractivity contribution is 0.175. The molecule has 5 nitrogen and oxygen atoms in total. The summed E-state index contributed by atoms with van der Waals surface area (Å²) < 4.78 is 13.4. The van der Waals surface area contributed by atoms with Gasteiger partial charge in [-0.05, 0) is 73.0 Å². The van der Waals surface area contributed by atoms with Gasteiger partial charge in [0.2, 0.25) is 0 Å². The van der Waals surface area contributed by atoms with Crippen molar-refractivity contribution in [1.82, 2.24) is 9.91 Å². The number of allylic oxidation sites excluding steroid dienone is 3. The maximum atomic E-state index is 13.4. The molecule has 3 rings (SSSR count). The molecule has 0 spiro atoms.